The molecular formula is C14H21NO. The Morgan fingerprint density at radius 2 is 1.81 bits per heavy atom. The van der Waals surface area contributed by atoms with Gasteiger partial charge in [-0.2, -0.15) is 0 Å². The molecule has 0 aromatic heterocycles. The molecule has 88 valence electrons. The number of carbonyl (C=O) groups is 1. The maximum atomic E-state index is 12.1. The summed E-state index contributed by atoms with van der Waals surface area (Å²) in [5.74, 6) is 0.227. The zero-order valence-corrected chi connectivity index (χ0v) is 10.7. The number of Topliss-reactive ketones (excluding diaryl/α,β-unsaturated/α-hetero) is 1. The van der Waals surface area contributed by atoms with Crippen molar-refractivity contribution in [2.75, 3.05) is 19.6 Å². The van der Waals surface area contributed by atoms with Crippen LogP contribution in [0.25, 0.3) is 0 Å². The Labute approximate surface area is 98.3 Å². The van der Waals surface area contributed by atoms with Gasteiger partial charge in [0, 0.05) is 5.56 Å². The molecule has 0 fully saturated rings. The van der Waals surface area contributed by atoms with Gasteiger partial charge < -0.3 is 0 Å². The van der Waals surface area contributed by atoms with Crippen LogP contribution in [0, 0.1) is 13.8 Å². The predicted octanol–water partition coefficient (Wildman–Crippen LogP) is 2.83. The normalized spacial score (nSPS) is 10.8. The molecule has 0 saturated carbocycles. The van der Waals surface area contributed by atoms with E-state index in [0.717, 1.165) is 29.8 Å². The predicted molar refractivity (Wildman–Crippen MR) is 68.0 cm³/mol. The highest BCUT2D eigenvalue weighted by Gasteiger charge is 2.12. The van der Waals surface area contributed by atoms with Crippen LogP contribution in [0.3, 0.4) is 0 Å². The molecule has 0 radical (unpaired) electrons. The van der Waals surface area contributed by atoms with Gasteiger partial charge in [0.2, 0.25) is 0 Å². The number of aryl methyl sites for hydroxylation is 2. The first kappa shape index (κ1) is 12.9. The van der Waals surface area contributed by atoms with Crippen LogP contribution in [0.15, 0.2) is 18.2 Å². The van der Waals surface area contributed by atoms with Gasteiger partial charge in [0.05, 0.1) is 6.54 Å². The minimum Gasteiger partial charge on any atom is -0.296 e. The highest BCUT2D eigenvalue weighted by molar-refractivity contribution is 5.99. The average molecular weight is 219 g/mol. The Balaban J connectivity index is 2.83. The molecule has 0 spiro atoms. The zero-order chi connectivity index (χ0) is 12.1. The second-order valence-corrected chi connectivity index (χ2v) is 4.20. The van der Waals surface area contributed by atoms with Gasteiger partial charge in [-0.05, 0) is 38.6 Å². The Hall–Kier alpha value is -1.15. The van der Waals surface area contributed by atoms with E-state index >= 15 is 0 Å². The van der Waals surface area contributed by atoms with Crippen molar-refractivity contribution in [2.45, 2.75) is 27.7 Å². The van der Waals surface area contributed by atoms with E-state index in [-0.39, 0.29) is 5.78 Å². The third-order valence-corrected chi connectivity index (χ3v) is 2.96. The van der Waals surface area contributed by atoms with Crippen LogP contribution >= 0.6 is 0 Å². The van der Waals surface area contributed by atoms with Crippen LogP contribution in [0.1, 0.15) is 35.3 Å². The van der Waals surface area contributed by atoms with Crippen molar-refractivity contribution in [3.05, 3.63) is 34.9 Å². The minimum atomic E-state index is 0.227. The third-order valence-electron chi connectivity index (χ3n) is 2.96. The van der Waals surface area contributed by atoms with E-state index < -0.39 is 0 Å². The summed E-state index contributed by atoms with van der Waals surface area (Å²) in [5.41, 5.74) is 3.09. The van der Waals surface area contributed by atoms with Crippen molar-refractivity contribution in [3.63, 3.8) is 0 Å². The van der Waals surface area contributed by atoms with E-state index in [9.17, 15) is 4.79 Å². The van der Waals surface area contributed by atoms with Crippen LogP contribution in [0.4, 0.5) is 0 Å². The molecule has 0 unspecified atom stereocenters. The number of hydrogen-bond donors (Lipinski definition) is 0. The number of hydrogen-bond acceptors (Lipinski definition) is 2. The lowest BCUT2D eigenvalue weighted by Gasteiger charge is -2.17. The van der Waals surface area contributed by atoms with Gasteiger partial charge in [0.15, 0.2) is 5.78 Å². The molecule has 1 aromatic rings. The lowest BCUT2D eigenvalue weighted by atomic mass is 10.0. The zero-order valence-electron chi connectivity index (χ0n) is 10.7. The molecular weight excluding hydrogens is 198 g/mol. The second-order valence-electron chi connectivity index (χ2n) is 4.20. The fourth-order valence-corrected chi connectivity index (χ4v) is 1.77. The van der Waals surface area contributed by atoms with Gasteiger partial charge in [-0.1, -0.05) is 31.5 Å². The summed E-state index contributed by atoms with van der Waals surface area (Å²) in [7, 11) is 0. The summed E-state index contributed by atoms with van der Waals surface area (Å²) in [6.45, 7) is 10.6. The first-order valence-corrected chi connectivity index (χ1v) is 5.91. The molecule has 0 heterocycles. The number of nitrogens with zero attached hydrogens (tertiary/aromatic N) is 1. The monoisotopic (exact) mass is 219 g/mol. The van der Waals surface area contributed by atoms with E-state index in [1.54, 1.807) is 0 Å². The Kier molecular flexibility index (Phi) is 4.69. The maximum Gasteiger partial charge on any atom is 0.177 e. The maximum absolute atomic E-state index is 12.1. The van der Waals surface area contributed by atoms with Crippen LogP contribution in [-0.2, 0) is 0 Å². The number of carbonyl (C=O) groups excluding carboxylic acids is 1. The number of likely N-dealkylation sites (N-methyl/N-ethyl adjacent to an activating group) is 1. The number of benzene rings is 1. The summed E-state index contributed by atoms with van der Waals surface area (Å²) in [6.07, 6.45) is 0. The fourth-order valence-electron chi connectivity index (χ4n) is 1.77. The van der Waals surface area contributed by atoms with E-state index in [0.29, 0.717) is 6.54 Å². The molecule has 16 heavy (non-hydrogen) atoms. The highest BCUT2D eigenvalue weighted by Crippen LogP contribution is 2.12. The highest BCUT2D eigenvalue weighted by atomic mass is 16.1. The molecule has 0 atom stereocenters. The summed E-state index contributed by atoms with van der Waals surface area (Å²) in [6, 6.07) is 6.05. The second kappa shape index (κ2) is 5.80. The summed E-state index contributed by atoms with van der Waals surface area (Å²) in [4.78, 5) is 14.2. The molecule has 0 saturated heterocycles. The lowest BCUT2D eigenvalue weighted by Crippen LogP contribution is -2.29. The Morgan fingerprint density at radius 1 is 1.19 bits per heavy atom. The number of rotatable bonds is 5. The molecule has 1 aromatic carbocycles. The number of ketones is 1. The van der Waals surface area contributed by atoms with Crippen LogP contribution in [0.2, 0.25) is 0 Å². The quantitative estimate of drug-likeness (QED) is 0.710. The first-order chi connectivity index (χ1) is 7.58. The molecule has 2 heteroatoms. The summed E-state index contributed by atoms with van der Waals surface area (Å²) < 4.78 is 0. The van der Waals surface area contributed by atoms with E-state index in [1.165, 1.54) is 0 Å². The minimum absolute atomic E-state index is 0.227. The Morgan fingerprint density at radius 3 is 2.38 bits per heavy atom. The van der Waals surface area contributed by atoms with Crippen LogP contribution in [0.5, 0.6) is 0 Å². The first-order valence-electron chi connectivity index (χ1n) is 5.91. The van der Waals surface area contributed by atoms with Gasteiger partial charge in [-0.3, -0.25) is 9.69 Å². The van der Waals surface area contributed by atoms with Gasteiger partial charge >= 0.3 is 0 Å². The van der Waals surface area contributed by atoms with Gasteiger partial charge in [-0.15, -0.1) is 0 Å². The molecule has 0 amide bonds. The lowest BCUT2D eigenvalue weighted by molar-refractivity contribution is 0.0936. The molecule has 0 aliphatic heterocycles. The van der Waals surface area contributed by atoms with E-state index in [1.807, 2.05) is 32.0 Å². The molecule has 0 N–H and O–H groups in total. The van der Waals surface area contributed by atoms with Crippen molar-refractivity contribution in [3.8, 4) is 0 Å². The van der Waals surface area contributed by atoms with Gasteiger partial charge in [-0.25, -0.2) is 0 Å². The summed E-state index contributed by atoms with van der Waals surface area (Å²) >= 11 is 0. The van der Waals surface area contributed by atoms with Crippen LogP contribution in [-0.4, -0.2) is 30.3 Å². The van der Waals surface area contributed by atoms with E-state index in [2.05, 4.69) is 18.7 Å². The fraction of sp³-hybridized carbons (Fsp3) is 0.500. The third kappa shape index (κ3) is 3.17. The van der Waals surface area contributed by atoms with E-state index in [4.69, 9.17) is 0 Å². The largest absolute Gasteiger partial charge is 0.296 e. The summed E-state index contributed by atoms with van der Waals surface area (Å²) in [5, 5.41) is 0. The molecule has 0 aliphatic carbocycles. The van der Waals surface area contributed by atoms with Crippen molar-refractivity contribution in [1.82, 2.24) is 4.90 Å². The van der Waals surface area contributed by atoms with Crippen molar-refractivity contribution >= 4 is 5.78 Å². The topological polar surface area (TPSA) is 20.3 Å². The molecule has 1 rings (SSSR count). The van der Waals surface area contributed by atoms with Crippen molar-refractivity contribution in [1.29, 1.82) is 0 Å². The average Bonchev–Trinajstić information content (AvgIpc) is 2.28. The standard InChI is InChI=1S/C14H21NO/c1-5-15(6-2)10-14(16)13-9-11(3)7-8-12(13)4/h7-9H,5-6,10H2,1-4H3. The van der Waals surface area contributed by atoms with Gasteiger partial charge in [0.25, 0.3) is 0 Å². The smallest absolute Gasteiger partial charge is 0.177 e. The Bertz CT molecular complexity index is 367. The molecule has 0 aliphatic rings. The molecule has 2 nitrogen and oxygen atoms in total. The van der Waals surface area contributed by atoms with Gasteiger partial charge in [0.1, 0.15) is 0 Å². The van der Waals surface area contributed by atoms with Crippen LogP contribution < -0.4 is 0 Å². The molecule has 0 bridgehead atoms. The van der Waals surface area contributed by atoms with Crippen molar-refractivity contribution in [2.24, 2.45) is 0 Å². The SMILES string of the molecule is CCN(CC)CC(=O)c1cc(C)ccc1C. The van der Waals surface area contributed by atoms with Crippen molar-refractivity contribution < 1.29 is 4.79 Å².